The van der Waals surface area contributed by atoms with Crippen LogP contribution in [0.15, 0.2) is 42.5 Å². The summed E-state index contributed by atoms with van der Waals surface area (Å²) in [6.45, 7) is 0. The molecule has 0 unspecified atom stereocenters. The first-order valence-electron chi connectivity index (χ1n) is 6.00. The van der Waals surface area contributed by atoms with E-state index in [1.165, 1.54) is 24.3 Å². The first-order chi connectivity index (χ1) is 9.58. The smallest absolute Gasteiger partial charge is 0.423 e. The molecule has 0 aliphatic rings. The fourth-order valence-electron chi connectivity index (χ4n) is 2.19. The van der Waals surface area contributed by atoms with E-state index < -0.39 is 18.8 Å². The molecule has 3 rings (SSSR count). The third-order valence-corrected chi connectivity index (χ3v) is 3.21. The van der Waals surface area contributed by atoms with E-state index in [-0.39, 0.29) is 11.1 Å². The summed E-state index contributed by atoms with van der Waals surface area (Å²) in [4.78, 5) is 2.83. The summed E-state index contributed by atoms with van der Waals surface area (Å²) in [6.07, 6.45) is 0. The summed E-state index contributed by atoms with van der Waals surface area (Å²) in [6, 6.07) is 10.3. The van der Waals surface area contributed by atoms with Crippen molar-refractivity contribution in [3.05, 3.63) is 54.1 Å². The van der Waals surface area contributed by atoms with Crippen molar-refractivity contribution in [3.63, 3.8) is 0 Å². The second kappa shape index (κ2) is 4.74. The first-order valence-corrected chi connectivity index (χ1v) is 6.00. The molecule has 0 amide bonds. The summed E-state index contributed by atoms with van der Waals surface area (Å²) >= 11 is 0. The van der Waals surface area contributed by atoms with Gasteiger partial charge in [-0.15, -0.1) is 0 Å². The van der Waals surface area contributed by atoms with Crippen molar-refractivity contribution in [3.8, 4) is 11.3 Å². The van der Waals surface area contributed by atoms with E-state index >= 15 is 0 Å². The van der Waals surface area contributed by atoms with E-state index in [0.717, 1.165) is 0 Å². The molecule has 1 heterocycles. The fourth-order valence-corrected chi connectivity index (χ4v) is 2.19. The zero-order chi connectivity index (χ0) is 14.3. The minimum atomic E-state index is -1.57. The molecule has 0 spiro atoms. The van der Waals surface area contributed by atoms with Crippen molar-refractivity contribution in [2.45, 2.75) is 0 Å². The van der Waals surface area contributed by atoms with Crippen LogP contribution in [0, 0.1) is 11.6 Å². The van der Waals surface area contributed by atoms with Crippen LogP contribution in [0.1, 0.15) is 0 Å². The van der Waals surface area contributed by atoms with Crippen LogP contribution in [-0.2, 0) is 0 Å². The minimum absolute atomic E-state index is 0.0752. The molecule has 0 aliphatic carbocycles. The average molecular weight is 273 g/mol. The SMILES string of the molecule is OB(O)c1ccc(-c2[nH]c3cccc(F)c3c2F)cc1. The highest BCUT2D eigenvalue weighted by Crippen LogP contribution is 2.29. The topological polar surface area (TPSA) is 56.2 Å². The summed E-state index contributed by atoms with van der Waals surface area (Å²) in [5.41, 5.74) is 1.35. The van der Waals surface area contributed by atoms with Gasteiger partial charge in [-0.2, -0.15) is 0 Å². The van der Waals surface area contributed by atoms with Gasteiger partial charge in [0.25, 0.3) is 0 Å². The lowest BCUT2D eigenvalue weighted by Crippen LogP contribution is -2.29. The number of fused-ring (bicyclic) bond motifs is 1. The van der Waals surface area contributed by atoms with Crippen LogP contribution in [0.5, 0.6) is 0 Å². The van der Waals surface area contributed by atoms with Crippen LogP contribution < -0.4 is 5.46 Å². The van der Waals surface area contributed by atoms with Crippen molar-refractivity contribution in [1.82, 2.24) is 4.98 Å². The summed E-state index contributed by atoms with van der Waals surface area (Å²) in [7, 11) is -1.57. The molecule has 0 radical (unpaired) electrons. The third kappa shape index (κ3) is 1.99. The van der Waals surface area contributed by atoms with Crippen LogP contribution >= 0.6 is 0 Å². The Labute approximate surface area is 113 Å². The van der Waals surface area contributed by atoms with Crippen LogP contribution in [0.3, 0.4) is 0 Å². The standard InChI is InChI=1S/C14H10BF2NO2/c16-10-2-1-3-11-12(10)13(17)14(18-11)8-4-6-9(7-5-8)15(19)20/h1-7,18-20H. The Kier molecular flexibility index (Phi) is 3.04. The highest BCUT2D eigenvalue weighted by atomic mass is 19.1. The normalized spacial score (nSPS) is 11.0. The van der Waals surface area contributed by atoms with Gasteiger partial charge in [0.05, 0.1) is 16.6 Å². The predicted octanol–water partition coefficient (Wildman–Crippen LogP) is 1.79. The number of halogens is 2. The lowest BCUT2D eigenvalue weighted by molar-refractivity contribution is 0.426. The van der Waals surface area contributed by atoms with Crippen molar-refractivity contribution < 1.29 is 18.8 Å². The number of hydrogen-bond donors (Lipinski definition) is 3. The Hall–Kier alpha value is -2.18. The van der Waals surface area contributed by atoms with Gasteiger partial charge in [0.15, 0.2) is 5.82 Å². The predicted molar refractivity (Wildman–Crippen MR) is 73.5 cm³/mol. The number of rotatable bonds is 2. The van der Waals surface area contributed by atoms with Gasteiger partial charge in [-0.1, -0.05) is 30.3 Å². The van der Waals surface area contributed by atoms with Gasteiger partial charge in [-0.05, 0) is 17.6 Å². The number of aromatic amines is 1. The highest BCUT2D eigenvalue weighted by Gasteiger charge is 2.17. The Bertz CT molecular complexity index is 769. The number of nitrogens with one attached hydrogen (secondary N) is 1. The molecule has 0 aliphatic heterocycles. The molecule has 0 atom stereocenters. The molecule has 1 aromatic heterocycles. The maximum atomic E-state index is 14.3. The van der Waals surface area contributed by atoms with Crippen molar-refractivity contribution >= 4 is 23.5 Å². The second-order valence-corrected chi connectivity index (χ2v) is 4.47. The van der Waals surface area contributed by atoms with Gasteiger partial charge in [0.2, 0.25) is 0 Å². The molecule has 3 aromatic rings. The molecule has 0 saturated heterocycles. The molecule has 3 nitrogen and oxygen atoms in total. The summed E-state index contributed by atoms with van der Waals surface area (Å²) < 4.78 is 27.9. The average Bonchev–Trinajstić information content (AvgIpc) is 2.77. The Morgan fingerprint density at radius 1 is 0.950 bits per heavy atom. The quantitative estimate of drug-likeness (QED) is 0.623. The Morgan fingerprint density at radius 3 is 2.25 bits per heavy atom. The second-order valence-electron chi connectivity index (χ2n) is 4.47. The van der Waals surface area contributed by atoms with Crippen LogP contribution in [-0.4, -0.2) is 22.2 Å². The first kappa shape index (κ1) is 12.8. The molecule has 20 heavy (non-hydrogen) atoms. The molecular formula is C14H10BF2NO2. The largest absolute Gasteiger partial charge is 0.488 e. The zero-order valence-electron chi connectivity index (χ0n) is 10.3. The van der Waals surface area contributed by atoms with E-state index in [1.807, 2.05) is 0 Å². The van der Waals surface area contributed by atoms with Gasteiger partial charge in [0.1, 0.15) is 5.82 Å². The van der Waals surface area contributed by atoms with Gasteiger partial charge >= 0.3 is 7.12 Å². The number of aromatic nitrogens is 1. The monoisotopic (exact) mass is 273 g/mol. The summed E-state index contributed by atoms with van der Waals surface area (Å²) in [5, 5.41) is 18.0. The summed E-state index contributed by atoms with van der Waals surface area (Å²) in [5.74, 6) is -1.28. The van der Waals surface area contributed by atoms with Crippen molar-refractivity contribution in [2.24, 2.45) is 0 Å². The van der Waals surface area contributed by atoms with Gasteiger partial charge in [-0.3, -0.25) is 0 Å². The lowest BCUT2D eigenvalue weighted by atomic mass is 9.80. The fraction of sp³-hybridized carbons (Fsp3) is 0. The van der Waals surface area contributed by atoms with Crippen molar-refractivity contribution in [1.29, 1.82) is 0 Å². The van der Waals surface area contributed by atoms with Gasteiger partial charge < -0.3 is 15.0 Å². The van der Waals surface area contributed by atoms with Gasteiger partial charge in [-0.25, -0.2) is 8.78 Å². The van der Waals surface area contributed by atoms with E-state index in [2.05, 4.69) is 4.98 Å². The maximum Gasteiger partial charge on any atom is 0.488 e. The lowest BCUT2D eigenvalue weighted by Gasteiger charge is -2.02. The molecule has 0 fully saturated rings. The van der Waals surface area contributed by atoms with Gasteiger partial charge in [0, 0.05) is 5.56 Å². The van der Waals surface area contributed by atoms with Crippen LogP contribution in [0.4, 0.5) is 8.78 Å². The molecule has 3 N–H and O–H groups in total. The number of benzene rings is 2. The molecular weight excluding hydrogens is 263 g/mol. The molecule has 0 bridgehead atoms. The molecule has 100 valence electrons. The third-order valence-electron chi connectivity index (χ3n) is 3.21. The zero-order valence-corrected chi connectivity index (χ0v) is 10.3. The van der Waals surface area contributed by atoms with E-state index in [4.69, 9.17) is 10.0 Å². The maximum absolute atomic E-state index is 14.3. The van der Waals surface area contributed by atoms with E-state index in [9.17, 15) is 8.78 Å². The number of H-pyrrole nitrogens is 1. The number of hydrogen-bond acceptors (Lipinski definition) is 2. The Balaban J connectivity index is 2.15. The Morgan fingerprint density at radius 2 is 1.65 bits per heavy atom. The highest BCUT2D eigenvalue weighted by molar-refractivity contribution is 6.58. The van der Waals surface area contributed by atoms with Crippen LogP contribution in [0.25, 0.3) is 22.2 Å². The molecule has 0 saturated carbocycles. The molecule has 2 aromatic carbocycles. The molecule has 6 heteroatoms. The van der Waals surface area contributed by atoms with Crippen molar-refractivity contribution in [2.75, 3.05) is 0 Å². The van der Waals surface area contributed by atoms with Crippen LogP contribution in [0.2, 0.25) is 0 Å². The van der Waals surface area contributed by atoms with E-state index in [0.29, 0.717) is 16.5 Å². The minimum Gasteiger partial charge on any atom is -0.423 e. The van der Waals surface area contributed by atoms with E-state index in [1.54, 1.807) is 18.2 Å².